The molecule has 0 spiro atoms. The van der Waals surface area contributed by atoms with E-state index in [0.29, 0.717) is 32.9 Å². The molecule has 0 unspecified atom stereocenters. The van der Waals surface area contributed by atoms with Gasteiger partial charge in [0.25, 0.3) is 5.91 Å². The lowest BCUT2D eigenvalue weighted by atomic mass is 10.1. The van der Waals surface area contributed by atoms with Crippen LogP contribution in [-0.2, 0) is 9.53 Å². The van der Waals surface area contributed by atoms with Crippen LogP contribution in [0.4, 0.5) is 4.39 Å². The van der Waals surface area contributed by atoms with Crippen molar-refractivity contribution in [2.45, 2.75) is 6.42 Å². The molecule has 0 radical (unpaired) electrons. The van der Waals surface area contributed by atoms with Gasteiger partial charge in [-0.1, -0.05) is 36.1 Å². The van der Waals surface area contributed by atoms with Gasteiger partial charge in [0.15, 0.2) is 0 Å². The first-order chi connectivity index (χ1) is 14.1. The van der Waals surface area contributed by atoms with E-state index in [9.17, 15) is 9.18 Å². The van der Waals surface area contributed by atoms with Gasteiger partial charge in [0.1, 0.15) is 21.7 Å². The molecule has 2 saturated heterocycles. The summed E-state index contributed by atoms with van der Waals surface area (Å²) < 4.78 is 25.6. The highest BCUT2D eigenvalue weighted by molar-refractivity contribution is 8.26. The topological polar surface area (TPSA) is 45.9 Å². The van der Waals surface area contributed by atoms with Gasteiger partial charge < -0.3 is 9.15 Å². The van der Waals surface area contributed by atoms with Crippen molar-refractivity contribution in [2.75, 3.05) is 39.4 Å². The molecule has 2 aliphatic rings. The number of furan rings is 1. The zero-order valence-electron chi connectivity index (χ0n) is 15.8. The van der Waals surface area contributed by atoms with Gasteiger partial charge in [-0.25, -0.2) is 4.39 Å². The van der Waals surface area contributed by atoms with Crippen LogP contribution in [0, 0.1) is 5.82 Å². The number of benzene rings is 1. The van der Waals surface area contributed by atoms with Crippen LogP contribution in [0.3, 0.4) is 0 Å². The molecule has 2 fully saturated rings. The van der Waals surface area contributed by atoms with E-state index in [2.05, 4.69) is 4.90 Å². The van der Waals surface area contributed by atoms with Gasteiger partial charge in [-0.05, 0) is 30.7 Å². The van der Waals surface area contributed by atoms with Crippen molar-refractivity contribution in [3.8, 4) is 11.3 Å². The van der Waals surface area contributed by atoms with Gasteiger partial charge in [0.05, 0.1) is 23.7 Å². The minimum atomic E-state index is -0.347. The molecule has 2 aromatic rings. The summed E-state index contributed by atoms with van der Waals surface area (Å²) in [6, 6.07) is 9.86. The maximum atomic E-state index is 13.9. The van der Waals surface area contributed by atoms with E-state index in [1.807, 2.05) is 0 Å². The summed E-state index contributed by atoms with van der Waals surface area (Å²) in [5, 5.41) is 0. The zero-order valence-corrected chi connectivity index (χ0v) is 17.4. The molecule has 0 saturated carbocycles. The number of halogens is 1. The molecule has 29 heavy (non-hydrogen) atoms. The summed E-state index contributed by atoms with van der Waals surface area (Å²) in [6.45, 7) is 4.91. The van der Waals surface area contributed by atoms with E-state index in [-0.39, 0.29) is 11.7 Å². The summed E-state index contributed by atoms with van der Waals surface area (Å²) in [6.07, 6.45) is 2.53. The van der Waals surface area contributed by atoms with Crippen molar-refractivity contribution in [3.05, 3.63) is 52.9 Å². The Labute approximate surface area is 178 Å². The first-order valence-corrected chi connectivity index (χ1v) is 10.7. The van der Waals surface area contributed by atoms with Crippen LogP contribution in [0.15, 0.2) is 45.7 Å². The Morgan fingerprint density at radius 2 is 1.93 bits per heavy atom. The second-order valence-electron chi connectivity index (χ2n) is 6.82. The highest BCUT2D eigenvalue weighted by atomic mass is 32.2. The Morgan fingerprint density at radius 3 is 2.72 bits per heavy atom. The van der Waals surface area contributed by atoms with Crippen LogP contribution in [0.1, 0.15) is 12.2 Å². The van der Waals surface area contributed by atoms with Crippen molar-refractivity contribution >= 4 is 40.3 Å². The standard InChI is InChI=1S/C21H21FN2O3S2/c22-17-5-2-1-4-16(17)18-7-6-15(27-18)14-19-20(25)24(21(28)29-19)9-3-8-23-10-12-26-13-11-23/h1-2,4-7,14H,3,8-13H2/b19-14+. The van der Waals surface area contributed by atoms with Gasteiger partial charge in [0, 0.05) is 32.3 Å². The molecule has 152 valence electrons. The molecule has 0 bridgehead atoms. The third-order valence-electron chi connectivity index (χ3n) is 4.87. The minimum Gasteiger partial charge on any atom is -0.457 e. The van der Waals surface area contributed by atoms with Crippen LogP contribution in [0.5, 0.6) is 0 Å². The highest BCUT2D eigenvalue weighted by Crippen LogP contribution is 2.34. The van der Waals surface area contributed by atoms with Crippen molar-refractivity contribution in [1.82, 2.24) is 9.80 Å². The number of morpholine rings is 1. The number of hydrogen-bond acceptors (Lipinski definition) is 6. The van der Waals surface area contributed by atoms with Gasteiger partial charge in [-0.15, -0.1) is 0 Å². The summed E-state index contributed by atoms with van der Waals surface area (Å²) in [5.41, 5.74) is 0.391. The van der Waals surface area contributed by atoms with Crippen molar-refractivity contribution in [3.63, 3.8) is 0 Å². The van der Waals surface area contributed by atoms with Gasteiger partial charge in [-0.3, -0.25) is 14.6 Å². The maximum Gasteiger partial charge on any atom is 0.266 e. The first-order valence-electron chi connectivity index (χ1n) is 9.52. The summed E-state index contributed by atoms with van der Waals surface area (Å²) in [7, 11) is 0. The molecule has 8 heteroatoms. The Bertz CT molecular complexity index is 938. The zero-order chi connectivity index (χ0) is 20.2. The minimum absolute atomic E-state index is 0.106. The van der Waals surface area contributed by atoms with E-state index in [1.54, 1.807) is 41.3 Å². The predicted molar refractivity (Wildman–Crippen MR) is 116 cm³/mol. The largest absolute Gasteiger partial charge is 0.457 e. The highest BCUT2D eigenvalue weighted by Gasteiger charge is 2.32. The Morgan fingerprint density at radius 1 is 1.14 bits per heavy atom. The van der Waals surface area contributed by atoms with E-state index in [4.69, 9.17) is 21.4 Å². The number of amides is 1. The lowest BCUT2D eigenvalue weighted by Crippen LogP contribution is -2.38. The van der Waals surface area contributed by atoms with E-state index < -0.39 is 0 Å². The molecular weight excluding hydrogens is 411 g/mol. The molecule has 1 aromatic heterocycles. The molecule has 0 atom stereocenters. The van der Waals surface area contributed by atoms with Gasteiger partial charge >= 0.3 is 0 Å². The first kappa shape index (κ1) is 20.3. The number of thioether (sulfide) groups is 1. The predicted octanol–water partition coefficient (Wildman–Crippen LogP) is 4.01. The molecule has 0 aliphatic carbocycles. The second kappa shape index (κ2) is 9.21. The van der Waals surface area contributed by atoms with Gasteiger partial charge in [0.2, 0.25) is 0 Å². The summed E-state index contributed by atoms with van der Waals surface area (Å²) in [5.74, 6) is 0.471. The molecule has 0 N–H and O–H groups in total. The Kier molecular flexibility index (Phi) is 6.44. The fourth-order valence-electron chi connectivity index (χ4n) is 3.34. The fourth-order valence-corrected chi connectivity index (χ4v) is 4.62. The molecule has 1 amide bonds. The fraction of sp³-hybridized carbons (Fsp3) is 0.333. The number of nitrogens with zero attached hydrogens (tertiary/aromatic N) is 2. The number of rotatable bonds is 6. The molecule has 4 rings (SSSR count). The number of thiocarbonyl (C=S) groups is 1. The van der Waals surface area contributed by atoms with Crippen LogP contribution in [0.2, 0.25) is 0 Å². The van der Waals surface area contributed by atoms with Gasteiger partial charge in [-0.2, -0.15) is 0 Å². The summed E-state index contributed by atoms with van der Waals surface area (Å²) >= 11 is 6.67. The third-order valence-corrected chi connectivity index (χ3v) is 6.25. The number of carbonyl (C=O) groups is 1. The average Bonchev–Trinajstić information content (AvgIpc) is 3.29. The van der Waals surface area contributed by atoms with Crippen LogP contribution < -0.4 is 0 Å². The number of hydrogen-bond donors (Lipinski definition) is 0. The van der Waals surface area contributed by atoms with E-state index >= 15 is 0 Å². The number of carbonyl (C=O) groups excluding carboxylic acids is 1. The van der Waals surface area contributed by atoms with Crippen LogP contribution in [0.25, 0.3) is 17.4 Å². The molecule has 2 aliphatic heterocycles. The van der Waals surface area contributed by atoms with E-state index in [1.165, 1.54) is 17.8 Å². The van der Waals surface area contributed by atoms with E-state index in [0.717, 1.165) is 39.3 Å². The van der Waals surface area contributed by atoms with Crippen LogP contribution in [-0.4, -0.2) is 59.4 Å². The lowest BCUT2D eigenvalue weighted by Gasteiger charge is -2.27. The van der Waals surface area contributed by atoms with Crippen LogP contribution >= 0.6 is 24.0 Å². The normalized spacial score (nSPS) is 19.5. The second-order valence-corrected chi connectivity index (χ2v) is 8.50. The average molecular weight is 433 g/mol. The molecular formula is C21H21FN2O3S2. The smallest absolute Gasteiger partial charge is 0.266 e. The van der Waals surface area contributed by atoms with Crippen molar-refractivity contribution in [1.29, 1.82) is 0 Å². The van der Waals surface area contributed by atoms with Crippen molar-refractivity contribution < 1.29 is 18.3 Å². The van der Waals surface area contributed by atoms with Crippen molar-refractivity contribution in [2.24, 2.45) is 0 Å². The molecule has 5 nitrogen and oxygen atoms in total. The Hall–Kier alpha value is -2.00. The monoisotopic (exact) mass is 432 g/mol. The maximum absolute atomic E-state index is 13.9. The summed E-state index contributed by atoms with van der Waals surface area (Å²) in [4.78, 5) is 17.3. The SMILES string of the molecule is O=C1/C(=C\c2ccc(-c3ccccc3F)o2)SC(=S)N1CCCN1CCOCC1. The molecule has 3 heterocycles. The Balaban J connectivity index is 1.39. The quantitative estimate of drug-likeness (QED) is 0.508. The lowest BCUT2D eigenvalue weighted by molar-refractivity contribution is -0.122. The number of ether oxygens (including phenoxy) is 1. The third kappa shape index (κ3) is 4.78. The molecule has 1 aromatic carbocycles.